The molecule has 0 N–H and O–H groups in total. The molecule has 32 heavy (non-hydrogen) atoms. The molecule has 0 aromatic heterocycles. The molecule has 1 heteroatoms. The monoisotopic (exact) mass is 640 g/mol. The van der Waals surface area contributed by atoms with Crippen molar-refractivity contribution in [3.8, 4) is 0 Å². The van der Waals surface area contributed by atoms with E-state index >= 15 is 0 Å². The molecule has 0 saturated carbocycles. The summed E-state index contributed by atoms with van der Waals surface area (Å²) in [6, 6.07) is 29.6. The van der Waals surface area contributed by atoms with Gasteiger partial charge in [-0.1, -0.05) is 51.3 Å². The zero-order valence-corrected chi connectivity index (χ0v) is 24.4. The van der Waals surface area contributed by atoms with Crippen LogP contribution in [0, 0.1) is 72.2 Å². The second-order valence-electron chi connectivity index (χ2n) is 8.08. The summed E-state index contributed by atoms with van der Waals surface area (Å²) in [5, 5.41) is 0. The van der Waals surface area contributed by atoms with Crippen molar-refractivity contribution < 1.29 is 39.9 Å². The van der Waals surface area contributed by atoms with Crippen molar-refractivity contribution >= 4 is 0 Å². The summed E-state index contributed by atoms with van der Waals surface area (Å²) < 4.78 is 0. The van der Waals surface area contributed by atoms with E-state index in [-0.39, 0.29) is 45.4 Å². The predicted molar refractivity (Wildman–Crippen MR) is 137 cm³/mol. The van der Waals surface area contributed by atoms with E-state index in [1.165, 1.54) is 16.7 Å². The van der Waals surface area contributed by atoms with Crippen molar-refractivity contribution in [1.29, 1.82) is 0 Å². The van der Waals surface area contributed by atoms with Gasteiger partial charge in [-0.3, -0.25) is 6.08 Å². The van der Waals surface area contributed by atoms with Crippen molar-refractivity contribution in [3.05, 3.63) is 151 Å². The molecular weight excluding hydrogens is 604 g/mol. The molecular formula is C31H36Th. The zero-order chi connectivity index (χ0) is 23.3. The minimum absolute atomic E-state index is 0. The summed E-state index contributed by atoms with van der Waals surface area (Å²) in [5.74, 6) is 0. The van der Waals surface area contributed by atoms with E-state index in [9.17, 15) is 0 Å². The van der Waals surface area contributed by atoms with Crippen LogP contribution in [0.25, 0.3) is 0 Å². The molecule has 0 unspecified atom stereocenters. The summed E-state index contributed by atoms with van der Waals surface area (Å²) in [7, 11) is 0. The van der Waals surface area contributed by atoms with E-state index in [0.29, 0.717) is 0 Å². The molecule has 0 fully saturated rings. The number of allylic oxidation sites excluding steroid dienone is 4. The maximum Gasteiger partial charge on any atom is 4.00 e. The third-order valence-electron chi connectivity index (χ3n) is 5.09. The summed E-state index contributed by atoms with van der Waals surface area (Å²) in [6.45, 7) is 22.1. The maximum atomic E-state index is 3.72. The Morgan fingerprint density at radius 1 is 0.562 bits per heavy atom. The standard InChI is InChI=1S/C10H15.3C7H7.Th/c1-7-6-10(4,5)9(3)8(7)2;3*1-7-5-3-2-4-6-7;/h1-5H3;3*2-6H,1H2;/q4*-1;+4. The van der Waals surface area contributed by atoms with Crippen LogP contribution in [0.15, 0.2) is 108 Å². The first-order valence-corrected chi connectivity index (χ1v) is 10.5. The third-order valence-corrected chi connectivity index (χ3v) is 5.09. The Hall–Kier alpha value is -1.93. The van der Waals surface area contributed by atoms with Crippen molar-refractivity contribution in [3.63, 3.8) is 0 Å². The first kappa shape index (κ1) is 30.1. The second-order valence-corrected chi connectivity index (χ2v) is 8.08. The summed E-state index contributed by atoms with van der Waals surface area (Å²) in [6.07, 6.45) is 3.44. The molecule has 1 aliphatic rings. The average Bonchev–Trinajstić information content (AvgIpc) is 2.92. The summed E-state index contributed by atoms with van der Waals surface area (Å²) in [5.41, 5.74) is 7.61. The molecule has 0 spiro atoms. The minimum atomic E-state index is 0. The van der Waals surface area contributed by atoms with Gasteiger partial charge in [-0.05, 0) is 0 Å². The van der Waals surface area contributed by atoms with E-state index in [1.54, 1.807) is 0 Å². The largest absolute Gasteiger partial charge is 4.00 e. The van der Waals surface area contributed by atoms with Crippen LogP contribution >= 0.6 is 0 Å². The van der Waals surface area contributed by atoms with Gasteiger partial charge in [-0.2, -0.15) is 85.0 Å². The molecule has 0 amide bonds. The maximum absolute atomic E-state index is 3.72. The Bertz CT molecular complexity index is 844. The molecule has 0 atom stereocenters. The molecule has 0 saturated heterocycles. The molecule has 0 aliphatic heterocycles. The van der Waals surface area contributed by atoms with Gasteiger partial charge in [-0.25, -0.2) is 5.57 Å². The first-order valence-electron chi connectivity index (χ1n) is 10.5. The summed E-state index contributed by atoms with van der Waals surface area (Å²) in [4.78, 5) is 0. The molecule has 3 aromatic carbocycles. The Morgan fingerprint density at radius 3 is 0.938 bits per heavy atom. The van der Waals surface area contributed by atoms with Crippen molar-refractivity contribution in [2.24, 2.45) is 5.41 Å². The van der Waals surface area contributed by atoms with Crippen LogP contribution in [0.4, 0.5) is 0 Å². The Morgan fingerprint density at radius 2 is 0.844 bits per heavy atom. The van der Waals surface area contributed by atoms with Crippen LogP contribution < -0.4 is 0 Å². The molecule has 0 nitrogen and oxygen atoms in total. The predicted octanol–water partition coefficient (Wildman–Crippen LogP) is 8.72. The number of rotatable bonds is 0. The van der Waals surface area contributed by atoms with E-state index in [2.05, 4.69) is 61.5 Å². The zero-order valence-electron chi connectivity index (χ0n) is 20.3. The normalized spacial score (nSPS) is 13.0. The Labute approximate surface area is 229 Å². The van der Waals surface area contributed by atoms with Gasteiger partial charge >= 0.3 is 39.9 Å². The minimum Gasteiger partial charge on any atom is -0.263 e. The third kappa shape index (κ3) is 12.2. The average molecular weight is 641 g/mol. The second kappa shape index (κ2) is 15.8. The van der Waals surface area contributed by atoms with E-state index < -0.39 is 0 Å². The van der Waals surface area contributed by atoms with Crippen LogP contribution in [0.1, 0.15) is 51.3 Å². The quantitative estimate of drug-likeness (QED) is 0.216. The van der Waals surface area contributed by atoms with Gasteiger partial charge < -0.3 is 0 Å². The van der Waals surface area contributed by atoms with Gasteiger partial charge in [0.05, 0.1) is 0 Å². The topological polar surface area (TPSA) is 0 Å². The molecule has 164 valence electrons. The van der Waals surface area contributed by atoms with Crippen molar-refractivity contribution in [1.82, 2.24) is 0 Å². The number of hydrogen-bond acceptors (Lipinski definition) is 0. The molecule has 0 heterocycles. The molecule has 0 radical (unpaired) electrons. The van der Waals surface area contributed by atoms with Gasteiger partial charge in [0, 0.05) is 0 Å². The smallest absolute Gasteiger partial charge is 0.263 e. The first-order chi connectivity index (χ1) is 14.6. The van der Waals surface area contributed by atoms with Crippen LogP contribution in [-0.4, -0.2) is 0 Å². The van der Waals surface area contributed by atoms with Crippen LogP contribution in [-0.2, 0) is 0 Å². The van der Waals surface area contributed by atoms with Gasteiger partial charge in [0.1, 0.15) is 0 Å². The molecule has 0 bridgehead atoms. The van der Waals surface area contributed by atoms with Crippen molar-refractivity contribution in [2.75, 3.05) is 0 Å². The van der Waals surface area contributed by atoms with E-state index in [1.807, 2.05) is 91.0 Å². The van der Waals surface area contributed by atoms with Gasteiger partial charge in [0.2, 0.25) is 0 Å². The molecule has 1 aliphatic carbocycles. The van der Waals surface area contributed by atoms with Gasteiger partial charge in [0.15, 0.2) is 0 Å². The number of hydrogen-bond donors (Lipinski definition) is 0. The molecule has 4 rings (SSSR count). The van der Waals surface area contributed by atoms with Crippen molar-refractivity contribution in [2.45, 2.75) is 34.6 Å². The SMILES string of the molecule is CC1=[C-]C(C)(C)C(C)=C1C.[CH2-]c1ccccc1.[CH2-]c1ccccc1.[CH2-]c1ccccc1.[Th+4]. The Kier molecular flexibility index (Phi) is 14.9. The van der Waals surface area contributed by atoms with Crippen LogP contribution in [0.3, 0.4) is 0 Å². The van der Waals surface area contributed by atoms with E-state index in [4.69, 9.17) is 0 Å². The number of benzene rings is 3. The fourth-order valence-electron chi connectivity index (χ4n) is 2.84. The van der Waals surface area contributed by atoms with Crippen LogP contribution in [0.5, 0.6) is 0 Å². The van der Waals surface area contributed by atoms with E-state index in [0.717, 1.165) is 16.7 Å². The summed E-state index contributed by atoms with van der Waals surface area (Å²) >= 11 is 0. The van der Waals surface area contributed by atoms with Gasteiger partial charge in [-0.15, -0.1) is 43.3 Å². The Balaban J connectivity index is 0.000000401. The van der Waals surface area contributed by atoms with Crippen LogP contribution in [0.2, 0.25) is 0 Å². The van der Waals surface area contributed by atoms with Gasteiger partial charge in [0.25, 0.3) is 0 Å². The fourth-order valence-corrected chi connectivity index (χ4v) is 2.84. The fraction of sp³-hybridized carbons (Fsp3) is 0.194. The molecule has 3 aromatic rings.